The van der Waals surface area contributed by atoms with Crippen molar-refractivity contribution in [2.75, 3.05) is 6.54 Å². The van der Waals surface area contributed by atoms with Crippen LogP contribution in [0.25, 0.3) is 0 Å². The van der Waals surface area contributed by atoms with E-state index in [0.717, 1.165) is 23.4 Å². The number of hydrogen-bond donors (Lipinski definition) is 3. The van der Waals surface area contributed by atoms with E-state index in [2.05, 4.69) is 17.1 Å². The Morgan fingerprint density at radius 3 is 2.36 bits per heavy atom. The molecule has 6 heteroatoms. The second kappa shape index (κ2) is 7.59. The molecule has 0 aliphatic carbocycles. The average Bonchev–Trinajstić information content (AvgIpc) is 2.96. The molecule has 0 saturated heterocycles. The number of benzene rings is 2. The molecule has 0 aliphatic heterocycles. The first kappa shape index (κ1) is 17.3. The summed E-state index contributed by atoms with van der Waals surface area (Å²) < 4.78 is 1.99. The molecule has 25 heavy (non-hydrogen) atoms. The molecule has 0 fully saturated rings. The molecular weight excluding hydrogens is 338 g/mol. The van der Waals surface area contributed by atoms with Crippen molar-refractivity contribution in [3.63, 3.8) is 0 Å². The second-order valence-electron chi connectivity index (χ2n) is 5.91. The highest BCUT2D eigenvalue weighted by Crippen LogP contribution is 2.34. The fourth-order valence-electron chi connectivity index (χ4n) is 2.89. The van der Waals surface area contributed by atoms with Crippen LogP contribution < -0.4 is 5.73 Å². The van der Waals surface area contributed by atoms with Crippen molar-refractivity contribution < 1.29 is 10.2 Å². The van der Waals surface area contributed by atoms with Crippen molar-refractivity contribution in [3.8, 4) is 11.5 Å². The van der Waals surface area contributed by atoms with Crippen LogP contribution in [0.3, 0.4) is 0 Å². The van der Waals surface area contributed by atoms with Gasteiger partial charge in [0.05, 0.1) is 12.0 Å². The van der Waals surface area contributed by atoms with E-state index >= 15 is 0 Å². The topological polar surface area (TPSA) is 84.3 Å². The van der Waals surface area contributed by atoms with Gasteiger partial charge in [0.2, 0.25) is 0 Å². The average molecular weight is 358 g/mol. The Morgan fingerprint density at radius 1 is 1.04 bits per heavy atom. The molecule has 3 rings (SSSR count). The number of rotatable bonds is 6. The van der Waals surface area contributed by atoms with Gasteiger partial charge < -0.3 is 20.5 Å². The minimum atomic E-state index is -0.137. The van der Waals surface area contributed by atoms with Crippen molar-refractivity contribution in [2.24, 2.45) is 5.73 Å². The van der Waals surface area contributed by atoms with Crippen LogP contribution >= 0.6 is 11.6 Å². The van der Waals surface area contributed by atoms with E-state index < -0.39 is 0 Å². The van der Waals surface area contributed by atoms with Gasteiger partial charge in [0.15, 0.2) is 0 Å². The van der Waals surface area contributed by atoms with E-state index in [1.54, 1.807) is 18.5 Å². The molecule has 1 heterocycles. The summed E-state index contributed by atoms with van der Waals surface area (Å²) in [7, 11) is 0. The quantitative estimate of drug-likeness (QED) is 0.633. The number of phenols is 2. The number of hydrogen-bond acceptors (Lipinski definition) is 4. The Morgan fingerprint density at radius 2 is 1.72 bits per heavy atom. The second-order valence-corrected chi connectivity index (χ2v) is 6.29. The van der Waals surface area contributed by atoms with Gasteiger partial charge in [0.1, 0.15) is 16.5 Å². The van der Waals surface area contributed by atoms with E-state index in [0.29, 0.717) is 19.5 Å². The van der Waals surface area contributed by atoms with Gasteiger partial charge in [-0.25, -0.2) is 4.98 Å². The number of nitrogens with zero attached hydrogens (tertiary/aromatic N) is 2. The Bertz CT molecular complexity index is 839. The Labute approximate surface area is 151 Å². The molecule has 130 valence electrons. The third-order valence-electron chi connectivity index (χ3n) is 4.08. The fraction of sp³-hybridized carbons (Fsp3) is 0.211. The zero-order chi connectivity index (χ0) is 17.8. The monoisotopic (exact) mass is 357 g/mol. The maximum absolute atomic E-state index is 9.79. The molecule has 0 saturated carbocycles. The summed E-state index contributed by atoms with van der Waals surface area (Å²) in [4.78, 5) is 4.54. The maximum Gasteiger partial charge on any atom is 0.138 e. The number of imidazole rings is 1. The number of aromatic nitrogens is 2. The van der Waals surface area contributed by atoms with Gasteiger partial charge in [-0.1, -0.05) is 41.9 Å². The molecule has 0 radical (unpaired) electrons. The van der Waals surface area contributed by atoms with Crippen molar-refractivity contribution in [1.82, 2.24) is 9.55 Å². The van der Waals surface area contributed by atoms with Crippen LogP contribution in [0.5, 0.6) is 11.5 Å². The van der Waals surface area contributed by atoms with Crippen LogP contribution in [0.2, 0.25) is 5.02 Å². The van der Waals surface area contributed by atoms with Crippen molar-refractivity contribution in [1.29, 1.82) is 0 Å². The summed E-state index contributed by atoms with van der Waals surface area (Å²) in [6.45, 7) is 0.986. The van der Waals surface area contributed by atoms with Crippen LogP contribution in [-0.2, 0) is 19.4 Å². The SMILES string of the molecule is NCCc1c(Cc2ccccc2)ncn1Cc1cc(O)c(Cl)c(O)c1. The molecule has 3 aromatic rings. The first-order valence-corrected chi connectivity index (χ1v) is 8.43. The standard InChI is InChI=1S/C19H20ClN3O2/c20-19-17(24)9-14(10-18(19)25)11-23-12-22-15(16(23)6-7-21)8-13-4-2-1-3-5-13/h1-5,9-10,12,24-25H,6-8,11,21H2. The molecule has 4 N–H and O–H groups in total. The molecule has 5 nitrogen and oxygen atoms in total. The lowest BCUT2D eigenvalue weighted by Gasteiger charge is -2.11. The molecular formula is C19H20ClN3O2. The number of nitrogens with two attached hydrogens (primary N) is 1. The molecule has 0 atom stereocenters. The minimum Gasteiger partial charge on any atom is -0.506 e. The van der Waals surface area contributed by atoms with Gasteiger partial charge in [-0.05, 0) is 29.8 Å². The van der Waals surface area contributed by atoms with E-state index in [-0.39, 0.29) is 16.5 Å². The van der Waals surface area contributed by atoms with E-state index in [1.807, 2.05) is 22.8 Å². The van der Waals surface area contributed by atoms with Gasteiger partial charge in [-0.15, -0.1) is 0 Å². The third-order valence-corrected chi connectivity index (χ3v) is 4.46. The van der Waals surface area contributed by atoms with Crippen molar-refractivity contribution in [2.45, 2.75) is 19.4 Å². The van der Waals surface area contributed by atoms with Gasteiger partial charge in [-0.2, -0.15) is 0 Å². The van der Waals surface area contributed by atoms with Crippen LogP contribution in [0.4, 0.5) is 0 Å². The van der Waals surface area contributed by atoms with Crippen LogP contribution in [0, 0.1) is 0 Å². The van der Waals surface area contributed by atoms with Crippen LogP contribution in [0.15, 0.2) is 48.8 Å². The predicted octanol–water partition coefficient (Wildman–Crippen LogP) is 3.09. The number of phenolic OH excluding ortho intramolecular Hbond substituents is 2. The zero-order valence-electron chi connectivity index (χ0n) is 13.7. The van der Waals surface area contributed by atoms with Gasteiger partial charge in [-0.3, -0.25) is 0 Å². The fourth-order valence-corrected chi connectivity index (χ4v) is 3.00. The molecule has 0 spiro atoms. The van der Waals surface area contributed by atoms with Crippen molar-refractivity contribution in [3.05, 3.63) is 76.3 Å². The smallest absolute Gasteiger partial charge is 0.138 e. The first-order chi connectivity index (χ1) is 12.1. The van der Waals surface area contributed by atoms with Gasteiger partial charge in [0.25, 0.3) is 0 Å². The van der Waals surface area contributed by atoms with Crippen LogP contribution in [0.1, 0.15) is 22.5 Å². The lowest BCUT2D eigenvalue weighted by Crippen LogP contribution is -2.11. The summed E-state index contributed by atoms with van der Waals surface area (Å²) in [6, 6.07) is 13.2. The highest BCUT2D eigenvalue weighted by atomic mass is 35.5. The Kier molecular flexibility index (Phi) is 5.26. The molecule has 0 bridgehead atoms. The molecule has 0 aliphatic rings. The van der Waals surface area contributed by atoms with Gasteiger partial charge in [0, 0.05) is 25.1 Å². The lowest BCUT2D eigenvalue weighted by molar-refractivity contribution is 0.449. The predicted molar refractivity (Wildman–Crippen MR) is 98.1 cm³/mol. The van der Waals surface area contributed by atoms with E-state index in [1.165, 1.54) is 5.56 Å². The molecule has 0 amide bonds. The van der Waals surface area contributed by atoms with Crippen LogP contribution in [-0.4, -0.2) is 26.3 Å². The Balaban J connectivity index is 1.89. The Hall–Kier alpha value is -2.50. The summed E-state index contributed by atoms with van der Waals surface area (Å²) in [6.07, 6.45) is 3.21. The largest absolute Gasteiger partial charge is 0.506 e. The first-order valence-electron chi connectivity index (χ1n) is 8.05. The minimum absolute atomic E-state index is 0.0404. The van der Waals surface area contributed by atoms with E-state index in [9.17, 15) is 10.2 Å². The van der Waals surface area contributed by atoms with Gasteiger partial charge >= 0.3 is 0 Å². The lowest BCUT2D eigenvalue weighted by atomic mass is 10.1. The molecule has 0 unspecified atom stereocenters. The maximum atomic E-state index is 9.79. The van der Waals surface area contributed by atoms with E-state index in [4.69, 9.17) is 17.3 Å². The molecule has 2 aromatic carbocycles. The zero-order valence-corrected chi connectivity index (χ0v) is 14.4. The third kappa shape index (κ3) is 3.95. The number of halogens is 1. The summed E-state index contributed by atoms with van der Waals surface area (Å²) in [5.41, 5.74) is 9.74. The highest BCUT2D eigenvalue weighted by Gasteiger charge is 2.13. The summed E-state index contributed by atoms with van der Waals surface area (Å²) in [5, 5.41) is 19.5. The normalized spacial score (nSPS) is 11.0. The van der Waals surface area contributed by atoms with Crippen molar-refractivity contribution >= 4 is 11.6 Å². The summed E-state index contributed by atoms with van der Waals surface area (Å²) >= 11 is 5.79. The highest BCUT2D eigenvalue weighted by molar-refractivity contribution is 6.33. The number of aromatic hydroxyl groups is 2. The molecule has 1 aromatic heterocycles. The summed E-state index contributed by atoms with van der Waals surface area (Å²) in [5.74, 6) is -0.275.